The maximum atomic E-state index is 10.6. The summed E-state index contributed by atoms with van der Waals surface area (Å²) in [6, 6.07) is 0. The van der Waals surface area contributed by atoms with Gasteiger partial charge in [0.2, 0.25) is 5.91 Å². The van der Waals surface area contributed by atoms with E-state index in [1.165, 1.54) is 0 Å². The summed E-state index contributed by atoms with van der Waals surface area (Å²) in [5.74, 6) is -1.34. The Hall–Kier alpha value is -1.10. The minimum atomic E-state index is -0.737. The van der Waals surface area contributed by atoms with Gasteiger partial charge in [-0.2, -0.15) is 0 Å². The molecule has 3 N–H and O–H groups in total. The molecule has 0 saturated carbocycles. The third-order valence-electron chi connectivity index (χ3n) is 2.32. The van der Waals surface area contributed by atoms with Crippen LogP contribution < -0.4 is 5.73 Å². The lowest BCUT2D eigenvalue weighted by atomic mass is 9.97. The molecule has 1 amide bonds. The Labute approximate surface area is 76.5 Å². The molecule has 1 fully saturated rings. The van der Waals surface area contributed by atoms with Gasteiger partial charge in [-0.25, -0.2) is 0 Å². The van der Waals surface area contributed by atoms with Gasteiger partial charge in [-0.1, -0.05) is 0 Å². The fraction of sp³-hybridized carbons (Fsp3) is 0.750. The highest BCUT2D eigenvalue weighted by Crippen LogP contribution is 2.16. The Morgan fingerprint density at radius 1 is 1.38 bits per heavy atom. The van der Waals surface area contributed by atoms with Crippen LogP contribution in [0.1, 0.15) is 12.8 Å². The lowest BCUT2D eigenvalue weighted by Crippen LogP contribution is -2.41. The van der Waals surface area contributed by atoms with Crippen molar-refractivity contribution in [2.75, 3.05) is 19.6 Å². The number of hydrogen-bond donors (Lipinski definition) is 2. The maximum absolute atomic E-state index is 10.6. The van der Waals surface area contributed by atoms with E-state index in [0.717, 1.165) is 0 Å². The van der Waals surface area contributed by atoms with Gasteiger partial charge < -0.3 is 10.8 Å². The first-order valence-corrected chi connectivity index (χ1v) is 4.33. The van der Waals surface area contributed by atoms with Crippen molar-refractivity contribution in [3.8, 4) is 0 Å². The summed E-state index contributed by atoms with van der Waals surface area (Å²) in [5, 5.41) is 8.70. The molecule has 1 aliphatic rings. The number of piperidine rings is 1. The lowest BCUT2D eigenvalue weighted by Gasteiger charge is -2.28. The second kappa shape index (κ2) is 4.23. The molecule has 13 heavy (non-hydrogen) atoms. The van der Waals surface area contributed by atoms with Gasteiger partial charge in [0.1, 0.15) is 0 Å². The molecule has 1 aliphatic heterocycles. The second-order valence-electron chi connectivity index (χ2n) is 3.35. The summed E-state index contributed by atoms with van der Waals surface area (Å²) < 4.78 is 0. The molecule has 0 atom stereocenters. The van der Waals surface area contributed by atoms with Crippen LogP contribution in [0.3, 0.4) is 0 Å². The number of nitrogens with two attached hydrogens (primary N) is 1. The highest BCUT2D eigenvalue weighted by molar-refractivity contribution is 5.76. The number of aliphatic carboxylic acids is 1. The molecule has 0 spiro atoms. The molecule has 0 bridgehead atoms. The predicted molar refractivity (Wildman–Crippen MR) is 46.0 cm³/mol. The van der Waals surface area contributed by atoms with E-state index < -0.39 is 5.97 Å². The van der Waals surface area contributed by atoms with Crippen LogP contribution in [0.5, 0.6) is 0 Å². The van der Waals surface area contributed by atoms with Crippen molar-refractivity contribution in [2.45, 2.75) is 12.8 Å². The summed E-state index contributed by atoms with van der Waals surface area (Å²) in [6.45, 7) is 1.55. The highest BCUT2D eigenvalue weighted by Gasteiger charge is 2.24. The van der Waals surface area contributed by atoms with Gasteiger partial charge >= 0.3 is 5.97 Å². The van der Waals surface area contributed by atoms with Gasteiger partial charge in [0, 0.05) is 0 Å². The van der Waals surface area contributed by atoms with Crippen LogP contribution in [0, 0.1) is 5.92 Å². The summed E-state index contributed by atoms with van der Waals surface area (Å²) in [6.07, 6.45) is 1.23. The van der Waals surface area contributed by atoms with Gasteiger partial charge in [0.15, 0.2) is 0 Å². The molecule has 1 heterocycles. The van der Waals surface area contributed by atoms with Crippen molar-refractivity contribution in [2.24, 2.45) is 11.7 Å². The third-order valence-corrected chi connectivity index (χ3v) is 2.32. The first-order valence-electron chi connectivity index (χ1n) is 4.33. The molecular formula is C8H14N2O3. The zero-order chi connectivity index (χ0) is 9.84. The van der Waals surface area contributed by atoms with E-state index in [1.807, 2.05) is 4.90 Å². The van der Waals surface area contributed by atoms with Gasteiger partial charge in [-0.15, -0.1) is 0 Å². The SMILES string of the molecule is NC(=O)CN1CCC(C(=O)O)CC1. The number of likely N-dealkylation sites (tertiary alicyclic amines) is 1. The molecule has 0 aliphatic carbocycles. The maximum Gasteiger partial charge on any atom is 0.306 e. The van der Waals surface area contributed by atoms with Crippen LogP contribution in [0.2, 0.25) is 0 Å². The normalized spacial score (nSPS) is 20.0. The van der Waals surface area contributed by atoms with E-state index >= 15 is 0 Å². The van der Waals surface area contributed by atoms with Gasteiger partial charge in [0.05, 0.1) is 12.5 Å². The fourth-order valence-electron chi connectivity index (χ4n) is 1.56. The minimum absolute atomic E-state index is 0.242. The number of carbonyl (C=O) groups excluding carboxylic acids is 1. The first-order chi connectivity index (χ1) is 6.09. The van der Waals surface area contributed by atoms with E-state index in [9.17, 15) is 9.59 Å². The van der Waals surface area contributed by atoms with Crippen molar-refractivity contribution < 1.29 is 14.7 Å². The molecule has 74 valence electrons. The number of nitrogens with zero attached hydrogens (tertiary/aromatic N) is 1. The average molecular weight is 186 g/mol. The summed E-state index contributed by atoms with van der Waals surface area (Å²) >= 11 is 0. The summed E-state index contributed by atoms with van der Waals surface area (Å²) in [7, 11) is 0. The largest absolute Gasteiger partial charge is 0.481 e. The number of carboxylic acid groups (broad SMARTS) is 1. The highest BCUT2D eigenvalue weighted by atomic mass is 16.4. The second-order valence-corrected chi connectivity index (χ2v) is 3.35. The Balaban J connectivity index is 2.30. The van der Waals surface area contributed by atoms with E-state index in [4.69, 9.17) is 10.8 Å². The van der Waals surface area contributed by atoms with Gasteiger partial charge in [-0.3, -0.25) is 14.5 Å². The van der Waals surface area contributed by atoms with Crippen molar-refractivity contribution in [1.82, 2.24) is 4.90 Å². The zero-order valence-electron chi connectivity index (χ0n) is 7.40. The number of carboxylic acids is 1. The Bertz CT molecular complexity index is 209. The van der Waals surface area contributed by atoms with Crippen molar-refractivity contribution >= 4 is 11.9 Å². The van der Waals surface area contributed by atoms with Crippen molar-refractivity contribution in [3.05, 3.63) is 0 Å². The topological polar surface area (TPSA) is 83.6 Å². The van der Waals surface area contributed by atoms with Gasteiger partial charge in [-0.05, 0) is 25.9 Å². The van der Waals surface area contributed by atoms with Crippen LogP contribution in [-0.4, -0.2) is 41.5 Å². The summed E-state index contributed by atoms with van der Waals surface area (Å²) in [5.41, 5.74) is 5.02. The quantitative estimate of drug-likeness (QED) is 0.608. The molecule has 1 saturated heterocycles. The zero-order valence-corrected chi connectivity index (χ0v) is 7.40. The van der Waals surface area contributed by atoms with Crippen molar-refractivity contribution in [1.29, 1.82) is 0 Å². The monoisotopic (exact) mass is 186 g/mol. The van der Waals surface area contributed by atoms with Crippen LogP contribution in [0.15, 0.2) is 0 Å². The van der Waals surface area contributed by atoms with Crippen LogP contribution in [0.25, 0.3) is 0 Å². The molecular weight excluding hydrogens is 172 g/mol. The number of amides is 1. The average Bonchev–Trinajstić information content (AvgIpc) is 2.04. The fourth-order valence-corrected chi connectivity index (χ4v) is 1.56. The number of carbonyl (C=O) groups is 2. The minimum Gasteiger partial charge on any atom is -0.481 e. The smallest absolute Gasteiger partial charge is 0.306 e. The molecule has 0 unspecified atom stereocenters. The van der Waals surface area contributed by atoms with E-state index in [-0.39, 0.29) is 18.4 Å². The Morgan fingerprint density at radius 2 is 1.92 bits per heavy atom. The molecule has 1 rings (SSSR count). The predicted octanol–water partition coefficient (Wildman–Crippen LogP) is -0.732. The lowest BCUT2D eigenvalue weighted by molar-refractivity contribution is -0.143. The Kier molecular flexibility index (Phi) is 3.25. The van der Waals surface area contributed by atoms with E-state index in [0.29, 0.717) is 25.9 Å². The third kappa shape index (κ3) is 3.02. The first kappa shape index (κ1) is 9.98. The number of hydrogen-bond acceptors (Lipinski definition) is 3. The van der Waals surface area contributed by atoms with E-state index in [2.05, 4.69) is 0 Å². The molecule has 5 heteroatoms. The summed E-state index contributed by atoms with van der Waals surface area (Å²) in [4.78, 5) is 23.0. The van der Waals surface area contributed by atoms with Gasteiger partial charge in [0.25, 0.3) is 0 Å². The van der Waals surface area contributed by atoms with E-state index in [1.54, 1.807) is 0 Å². The number of rotatable bonds is 3. The molecule has 0 aromatic carbocycles. The number of primary amides is 1. The standard InChI is InChI=1S/C8H14N2O3/c9-7(11)5-10-3-1-6(2-4-10)8(12)13/h6H,1-5H2,(H2,9,11)(H,12,13). The van der Waals surface area contributed by atoms with Crippen molar-refractivity contribution in [3.63, 3.8) is 0 Å². The van der Waals surface area contributed by atoms with Crippen LogP contribution in [-0.2, 0) is 9.59 Å². The van der Waals surface area contributed by atoms with Crippen LogP contribution in [0.4, 0.5) is 0 Å². The van der Waals surface area contributed by atoms with Crippen LogP contribution >= 0.6 is 0 Å². The molecule has 0 radical (unpaired) electrons. The molecule has 5 nitrogen and oxygen atoms in total. The molecule has 0 aromatic rings. The molecule has 0 aromatic heterocycles. The Morgan fingerprint density at radius 3 is 2.31 bits per heavy atom.